The molecule has 4 aromatic carbocycles. The highest BCUT2D eigenvalue weighted by atomic mass is 16.5. The summed E-state index contributed by atoms with van der Waals surface area (Å²) in [6.07, 6.45) is 0. The third-order valence-corrected chi connectivity index (χ3v) is 9.38. The van der Waals surface area contributed by atoms with Crippen LogP contribution < -0.4 is 9.47 Å². The first kappa shape index (κ1) is 29.9. The van der Waals surface area contributed by atoms with E-state index in [1.165, 1.54) is 7.11 Å². The van der Waals surface area contributed by atoms with Crippen LogP contribution in [0.4, 0.5) is 0 Å². The molecule has 8 nitrogen and oxygen atoms in total. The second-order valence-corrected chi connectivity index (χ2v) is 11.9. The molecule has 2 heterocycles. The molecule has 0 saturated carbocycles. The summed E-state index contributed by atoms with van der Waals surface area (Å²) in [7, 11) is 3.11. The van der Waals surface area contributed by atoms with Gasteiger partial charge < -0.3 is 18.6 Å². The summed E-state index contributed by atoms with van der Waals surface area (Å²) in [4.78, 5) is 0. The van der Waals surface area contributed by atoms with E-state index in [9.17, 15) is 21.0 Å². The number of aryl methyl sites for hydroxylation is 2. The topological polar surface area (TPSA) is 123 Å². The largest absolute Gasteiger partial charge is 0.497 e. The van der Waals surface area contributed by atoms with Gasteiger partial charge in [0, 0.05) is 28.1 Å². The minimum atomic E-state index is -2.24. The number of methoxy groups -OCH3 is 2. The zero-order valence-corrected chi connectivity index (χ0v) is 26.7. The normalized spacial score (nSPS) is 13.7. The zero-order chi connectivity index (χ0) is 33.8. The Balaban J connectivity index is 1.77. The molecule has 1 aliphatic rings. The molecule has 0 N–H and O–H groups in total. The maximum Gasteiger partial charge on any atom is 0.208 e. The fourth-order valence-electron chi connectivity index (χ4n) is 6.93. The molecule has 1 aliphatic carbocycles. The van der Waals surface area contributed by atoms with Crippen LogP contribution >= 0.6 is 0 Å². The number of hydrogen-bond acceptors (Lipinski definition) is 6. The lowest BCUT2D eigenvalue weighted by molar-refractivity contribution is 0.412. The minimum absolute atomic E-state index is 0.244. The molecule has 0 fully saturated rings. The number of nitriles is 4. The van der Waals surface area contributed by atoms with Gasteiger partial charge in [0.2, 0.25) is 10.8 Å². The van der Waals surface area contributed by atoms with E-state index in [0.717, 1.165) is 33.8 Å². The number of aromatic nitrogens is 2. The standard InChI is InChI=1S/C40H28N6O2/c1-25-5-11-28(12-6-25)45-34(27-9-15-30(47-3)16-10-27)20-35-38(45)36-37(46(35)29-13-7-26(2)8-14-29)32-18-17-31(48-4)19-33(32)39(21-41,22-42)40(36,23-43)24-44/h5-20H,1-4H3. The lowest BCUT2D eigenvalue weighted by Crippen LogP contribution is -2.48. The molecule has 0 radical (unpaired) electrons. The lowest BCUT2D eigenvalue weighted by Gasteiger charge is -2.38. The number of fused-ring (bicyclic) bond motifs is 5. The van der Waals surface area contributed by atoms with Crippen molar-refractivity contribution in [3.05, 3.63) is 119 Å². The molecule has 0 atom stereocenters. The van der Waals surface area contributed by atoms with E-state index in [2.05, 4.69) is 24.3 Å². The van der Waals surface area contributed by atoms with E-state index in [1.807, 2.05) is 102 Å². The predicted octanol–water partition coefficient (Wildman–Crippen LogP) is 7.97. The van der Waals surface area contributed by atoms with Crippen LogP contribution in [0.15, 0.2) is 97.1 Å². The maximum absolute atomic E-state index is 11.2. The summed E-state index contributed by atoms with van der Waals surface area (Å²) in [5, 5.41) is 44.1. The molecule has 6 aromatic rings. The van der Waals surface area contributed by atoms with Crippen LogP contribution in [0.2, 0.25) is 0 Å². The van der Waals surface area contributed by atoms with Crippen LogP contribution in [0, 0.1) is 59.2 Å². The van der Waals surface area contributed by atoms with Gasteiger partial charge in [0.1, 0.15) is 11.5 Å². The number of hydrogen-bond donors (Lipinski definition) is 0. The maximum atomic E-state index is 11.2. The molecule has 0 amide bonds. The molecule has 0 bridgehead atoms. The van der Waals surface area contributed by atoms with Gasteiger partial charge in [-0.3, -0.25) is 0 Å². The second-order valence-electron chi connectivity index (χ2n) is 11.9. The van der Waals surface area contributed by atoms with Crippen molar-refractivity contribution in [3.8, 4) is 69.7 Å². The molecule has 48 heavy (non-hydrogen) atoms. The van der Waals surface area contributed by atoms with Crippen LogP contribution in [0.1, 0.15) is 22.3 Å². The summed E-state index contributed by atoms with van der Waals surface area (Å²) in [5.74, 6) is 1.10. The Bertz CT molecular complexity index is 2350. The summed E-state index contributed by atoms with van der Waals surface area (Å²) in [6.45, 7) is 4.01. The number of nitrogens with zero attached hydrogens (tertiary/aromatic N) is 6. The van der Waals surface area contributed by atoms with E-state index in [0.29, 0.717) is 39.4 Å². The van der Waals surface area contributed by atoms with Gasteiger partial charge in [0.05, 0.1) is 60.9 Å². The molecule has 230 valence electrons. The molecule has 2 aromatic heterocycles. The van der Waals surface area contributed by atoms with Gasteiger partial charge in [-0.15, -0.1) is 0 Å². The Hall–Kier alpha value is -6.74. The van der Waals surface area contributed by atoms with E-state index < -0.39 is 10.8 Å². The van der Waals surface area contributed by atoms with E-state index in [-0.39, 0.29) is 5.56 Å². The van der Waals surface area contributed by atoms with E-state index in [1.54, 1.807) is 25.3 Å². The molecule has 7 rings (SSSR count). The van der Waals surface area contributed by atoms with Crippen molar-refractivity contribution >= 4 is 11.0 Å². The second kappa shape index (κ2) is 11.0. The monoisotopic (exact) mass is 624 g/mol. The first-order valence-corrected chi connectivity index (χ1v) is 15.2. The van der Waals surface area contributed by atoms with Gasteiger partial charge in [-0.05, 0) is 92.2 Å². The van der Waals surface area contributed by atoms with E-state index in [4.69, 9.17) is 9.47 Å². The van der Waals surface area contributed by atoms with Gasteiger partial charge >= 0.3 is 0 Å². The van der Waals surface area contributed by atoms with E-state index >= 15 is 0 Å². The first-order chi connectivity index (χ1) is 23.3. The van der Waals surface area contributed by atoms with Crippen molar-refractivity contribution in [2.24, 2.45) is 0 Å². The third-order valence-electron chi connectivity index (χ3n) is 9.38. The van der Waals surface area contributed by atoms with Crippen molar-refractivity contribution in [3.63, 3.8) is 0 Å². The first-order valence-electron chi connectivity index (χ1n) is 15.2. The van der Waals surface area contributed by atoms with Crippen LogP contribution in [0.3, 0.4) is 0 Å². The van der Waals surface area contributed by atoms with Crippen molar-refractivity contribution in [1.29, 1.82) is 21.0 Å². The number of rotatable bonds is 5. The van der Waals surface area contributed by atoms with Gasteiger partial charge in [-0.1, -0.05) is 35.4 Å². The highest BCUT2D eigenvalue weighted by Crippen LogP contribution is 2.58. The summed E-state index contributed by atoms with van der Waals surface area (Å²) in [6, 6.07) is 39.6. The number of benzene rings is 4. The third kappa shape index (κ3) is 3.91. The number of ether oxygens (including phenoxy) is 2. The fourth-order valence-corrected chi connectivity index (χ4v) is 6.93. The Morgan fingerprint density at radius 2 is 1.10 bits per heavy atom. The minimum Gasteiger partial charge on any atom is -0.497 e. The Morgan fingerprint density at radius 3 is 1.62 bits per heavy atom. The van der Waals surface area contributed by atoms with Crippen LogP contribution in [-0.2, 0) is 10.8 Å². The van der Waals surface area contributed by atoms with Crippen molar-refractivity contribution < 1.29 is 9.47 Å². The van der Waals surface area contributed by atoms with Crippen molar-refractivity contribution in [2.75, 3.05) is 14.2 Å². The summed E-state index contributed by atoms with van der Waals surface area (Å²) >= 11 is 0. The summed E-state index contributed by atoms with van der Waals surface area (Å²) in [5.41, 5.74) is 3.86. The SMILES string of the molecule is COc1ccc(-c2cc3c(c4c(n3-c3ccc(C)cc3)-c3ccc(OC)cc3C(C#N)(C#N)C4(C#N)C#N)n2-c2ccc(C)cc2)cc1. The Morgan fingerprint density at radius 1 is 0.583 bits per heavy atom. The smallest absolute Gasteiger partial charge is 0.208 e. The Labute approximate surface area is 278 Å². The molecule has 8 heteroatoms. The van der Waals surface area contributed by atoms with Crippen LogP contribution in [0.5, 0.6) is 11.5 Å². The van der Waals surface area contributed by atoms with Crippen LogP contribution in [-0.4, -0.2) is 23.4 Å². The molecular formula is C40H28N6O2. The quantitative estimate of drug-likeness (QED) is 0.192. The average Bonchev–Trinajstić information content (AvgIpc) is 3.67. The summed E-state index contributed by atoms with van der Waals surface area (Å²) < 4.78 is 15.0. The molecule has 0 spiro atoms. The average molecular weight is 625 g/mol. The molecule has 0 saturated heterocycles. The predicted molar refractivity (Wildman–Crippen MR) is 182 cm³/mol. The highest BCUT2D eigenvalue weighted by Gasteiger charge is 2.63. The van der Waals surface area contributed by atoms with Gasteiger partial charge in [-0.25, -0.2) is 0 Å². The Kier molecular flexibility index (Phi) is 6.83. The molecular weight excluding hydrogens is 596 g/mol. The highest BCUT2D eigenvalue weighted by molar-refractivity contribution is 6.02. The van der Waals surface area contributed by atoms with Crippen molar-refractivity contribution in [1.82, 2.24) is 9.13 Å². The lowest BCUT2D eigenvalue weighted by atomic mass is 9.55. The van der Waals surface area contributed by atoms with Gasteiger partial charge in [0.25, 0.3) is 0 Å². The molecule has 0 unspecified atom stereocenters. The van der Waals surface area contributed by atoms with Gasteiger partial charge in [-0.2, -0.15) is 21.0 Å². The zero-order valence-electron chi connectivity index (χ0n) is 26.7. The fraction of sp³-hybridized carbons (Fsp3) is 0.150. The van der Waals surface area contributed by atoms with Gasteiger partial charge in [0.15, 0.2) is 0 Å². The van der Waals surface area contributed by atoms with Crippen LogP contribution in [0.25, 0.3) is 44.9 Å². The van der Waals surface area contributed by atoms with Crippen molar-refractivity contribution in [2.45, 2.75) is 24.7 Å². The molecule has 0 aliphatic heterocycles.